The smallest absolute Gasteiger partial charge is 0.196 e. The zero-order chi connectivity index (χ0) is 63.7. The minimum atomic E-state index is -2.02. The van der Waals surface area contributed by atoms with Gasteiger partial charge in [0, 0.05) is 77.9 Å². The van der Waals surface area contributed by atoms with E-state index in [-0.39, 0.29) is 0 Å². The van der Waals surface area contributed by atoms with Crippen molar-refractivity contribution in [2.45, 2.75) is 192 Å². The van der Waals surface area contributed by atoms with E-state index in [1.807, 2.05) is 0 Å². The third kappa shape index (κ3) is 3.40. The minimum absolute atomic E-state index is 0.705. The molecule has 21 aromatic carbocycles. The lowest BCUT2D eigenvalue weighted by atomic mass is 9.49. The molecule has 96 heavy (non-hydrogen) atoms. The molecule has 0 saturated heterocycles. The first-order valence-electron chi connectivity index (χ1n) is 34.9. The van der Waals surface area contributed by atoms with Crippen LogP contribution in [-0.4, -0.2) is 39.2 Å². The van der Waals surface area contributed by atoms with Crippen LogP contribution in [0.1, 0.15) is 180 Å². The van der Waals surface area contributed by atoms with E-state index in [4.69, 9.17) is 58.7 Å². The summed E-state index contributed by atoms with van der Waals surface area (Å²) in [5.41, 5.74) is -2.81. The molecule has 11 aliphatic carbocycles. The Hall–Kier alpha value is -7.50. The topological polar surface area (TPSA) is 111 Å². The molecule has 32 rings (SSSR count). The minimum Gasteiger partial charge on any atom is -0.230 e. The second-order valence-electron chi connectivity index (χ2n) is 38.0. The quantitative estimate of drug-likeness (QED) is 0.0660. The molecule has 0 amide bonds. The molecule has 12 heteroatoms. The summed E-state index contributed by atoms with van der Waals surface area (Å²) in [6, 6.07) is 0. The molecule has 0 radical (unpaired) electrons. The first-order chi connectivity index (χ1) is 45.4. The Morgan fingerprint density at radius 2 is 0.302 bits per heavy atom. The number of hydrogen-bond acceptors (Lipinski definition) is 12. The van der Waals surface area contributed by atoms with Gasteiger partial charge in [0.15, 0.2) is 33.6 Å². The Labute approximate surface area is 541 Å². The summed E-state index contributed by atoms with van der Waals surface area (Å²) in [6.45, 7) is 37.6. The van der Waals surface area contributed by atoms with Crippen LogP contribution in [-0.2, 0) is 86.7 Å². The molecule has 2 unspecified atom stereocenters. The van der Waals surface area contributed by atoms with Gasteiger partial charge in [-0.1, -0.05) is 0 Å². The molecule has 0 N–H and O–H groups in total. The van der Waals surface area contributed by atoms with Crippen LogP contribution in [0.25, 0.3) is 215 Å². The van der Waals surface area contributed by atoms with Crippen LogP contribution in [0.3, 0.4) is 0 Å². The van der Waals surface area contributed by atoms with Crippen molar-refractivity contribution >= 4 is 215 Å². The normalized spacial score (nSPS) is 27.9. The van der Waals surface area contributed by atoms with Gasteiger partial charge in [0.2, 0.25) is 0 Å². The maximum absolute atomic E-state index is 8.60. The van der Waals surface area contributed by atoms with Crippen LogP contribution >= 0.6 is 0 Å². The molecular weight excluding hydrogens is 1200 g/mol. The van der Waals surface area contributed by atoms with Crippen molar-refractivity contribution in [1.29, 1.82) is 0 Å². The number of rotatable bonds is 12. The van der Waals surface area contributed by atoms with Gasteiger partial charge in [-0.25, -0.2) is 58.7 Å². The van der Waals surface area contributed by atoms with Gasteiger partial charge in [0.25, 0.3) is 0 Å². The van der Waals surface area contributed by atoms with Crippen LogP contribution in [0.4, 0.5) is 0 Å². The molecule has 0 heterocycles. The largest absolute Gasteiger partial charge is 0.230 e. The molecule has 0 bridgehead atoms. The summed E-state index contributed by atoms with van der Waals surface area (Å²) >= 11 is 0. The molecule has 0 spiro atoms. The Balaban J connectivity index is 1.04. The van der Waals surface area contributed by atoms with Crippen molar-refractivity contribution in [1.82, 2.24) is 0 Å². The van der Waals surface area contributed by atoms with E-state index in [0.717, 1.165) is 99.1 Å². The molecule has 0 aromatic heterocycles. The Bertz CT molecular complexity index is 7260. The van der Waals surface area contributed by atoms with E-state index >= 15 is 0 Å². The third-order valence-electron chi connectivity index (χ3n) is 26.9. The first-order valence-corrected chi connectivity index (χ1v) is 34.9. The summed E-state index contributed by atoms with van der Waals surface area (Å²) in [5.74, 6) is 0. The molecule has 0 fully saturated rings. The highest BCUT2D eigenvalue weighted by Gasteiger charge is 2.91. The first kappa shape index (κ1) is 48.3. The predicted octanol–water partition coefficient (Wildman–Crippen LogP) is 20.3. The second-order valence-corrected chi connectivity index (χ2v) is 38.0. The summed E-state index contributed by atoms with van der Waals surface area (Å²) in [5, 5.41) is 52.3. The van der Waals surface area contributed by atoms with Gasteiger partial charge in [0.05, 0.1) is 33.6 Å². The van der Waals surface area contributed by atoms with E-state index in [9.17, 15) is 0 Å². The lowest BCUT2D eigenvalue weighted by Crippen LogP contribution is -2.70. The summed E-state index contributed by atoms with van der Waals surface area (Å²) < 4.78 is 0. The summed E-state index contributed by atoms with van der Waals surface area (Å²) in [6.07, 6.45) is 0. The highest BCUT2D eigenvalue weighted by molar-refractivity contribution is 6.77. The van der Waals surface area contributed by atoms with Gasteiger partial charge < -0.3 is 0 Å². The molecule has 0 saturated carbocycles. The lowest BCUT2D eigenvalue weighted by molar-refractivity contribution is -0.484. The van der Waals surface area contributed by atoms with E-state index in [1.54, 1.807) is 0 Å². The van der Waals surface area contributed by atoms with E-state index in [1.165, 1.54) is 183 Å². The maximum atomic E-state index is 8.60. The summed E-state index contributed by atoms with van der Waals surface area (Å²) in [4.78, 5) is 95.9. The molecular formula is C84H54O12. The van der Waals surface area contributed by atoms with E-state index in [0.29, 0.717) is 11.1 Å². The second kappa shape index (κ2) is 11.5. The van der Waals surface area contributed by atoms with Gasteiger partial charge in [-0.3, -0.25) is 0 Å². The van der Waals surface area contributed by atoms with Crippen LogP contribution in [0.5, 0.6) is 0 Å². The van der Waals surface area contributed by atoms with Gasteiger partial charge in [-0.2, -0.15) is 0 Å². The standard InChI is InChI=1S/C84H54O12/c1-73(2,3)85-91-79-59-49-39-29-24-19-20-22-23-21(19)26-32-30(24)40(39)50-52-42(32)44-34(26)36-28(23)38-37-27(22)35-33-25(20)31(29)41-43(33)53-55-45(35)47(37)57-58-48(38)46(36)56-54(44)64-62(52)80(60(50)59,92-86-74(4,5)6)70-69(79)71-81(93-87-75(7,8)9,63(53)61(79)51(41)49)65(55)67(57)83(95-89-77(13,14)15)68(58)66(56)82(64,94-88-76(10,11)12)72(70)84(71,83)96-90-78(16,17)18/h1-18H3/t79-,80+,81-,82+,83?,84?. The van der Waals surface area contributed by atoms with Crippen molar-refractivity contribution in [2.75, 3.05) is 0 Å². The molecule has 462 valence electrons. The Morgan fingerprint density at radius 1 is 0.156 bits per heavy atom. The van der Waals surface area contributed by atoms with Crippen LogP contribution < -0.4 is 0 Å². The van der Waals surface area contributed by atoms with Crippen LogP contribution in [0, 0.1) is 0 Å². The molecule has 6 atom stereocenters. The highest BCUT2D eigenvalue weighted by atomic mass is 17.3. The van der Waals surface area contributed by atoms with Gasteiger partial charge >= 0.3 is 0 Å². The zero-order valence-electron chi connectivity index (χ0n) is 55.9. The van der Waals surface area contributed by atoms with Crippen LogP contribution in [0.15, 0.2) is 22.3 Å². The van der Waals surface area contributed by atoms with Gasteiger partial charge in [0.1, 0.15) is 0 Å². The average molecular weight is 1260 g/mol. The fraction of sp³-hybridized carbons (Fsp3) is 0.357. The summed E-state index contributed by atoms with van der Waals surface area (Å²) in [7, 11) is 0. The van der Waals surface area contributed by atoms with Gasteiger partial charge in [-0.15, -0.1) is 0 Å². The van der Waals surface area contributed by atoms with E-state index in [2.05, 4.69) is 125 Å². The van der Waals surface area contributed by atoms with Crippen molar-refractivity contribution in [3.05, 3.63) is 77.9 Å². The van der Waals surface area contributed by atoms with Crippen molar-refractivity contribution < 1.29 is 58.7 Å². The average Bonchev–Trinajstić information content (AvgIpc) is 1.37. The fourth-order valence-electron chi connectivity index (χ4n) is 26.3. The van der Waals surface area contributed by atoms with Crippen molar-refractivity contribution in [2.24, 2.45) is 0 Å². The monoisotopic (exact) mass is 1250 g/mol. The molecule has 0 aliphatic heterocycles. The number of hydrogen-bond donors (Lipinski definition) is 0. The Morgan fingerprint density at radius 3 is 0.510 bits per heavy atom. The van der Waals surface area contributed by atoms with Crippen LogP contribution in [0.2, 0.25) is 0 Å². The molecule has 12 nitrogen and oxygen atoms in total. The highest BCUT2D eigenvalue weighted by Crippen LogP contribution is 2.93. The number of benzene rings is 15. The molecule has 11 aliphatic rings. The maximum Gasteiger partial charge on any atom is 0.196 e. The van der Waals surface area contributed by atoms with Gasteiger partial charge in [-0.05, 0) is 340 Å². The molecule has 21 aromatic rings. The van der Waals surface area contributed by atoms with Crippen molar-refractivity contribution in [3.63, 3.8) is 0 Å². The Kier molecular flexibility index (Phi) is 5.79. The third-order valence-corrected chi connectivity index (χ3v) is 26.9. The lowest BCUT2D eigenvalue weighted by Gasteiger charge is -2.62. The van der Waals surface area contributed by atoms with E-state index < -0.39 is 67.2 Å². The predicted molar refractivity (Wildman–Crippen MR) is 370 cm³/mol. The fourth-order valence-corrected chi connectivity index (χ4v) is 26.3. The SMILES string of the molecule is CC(C)(C)OOC12C3=C4C5=C1[C@]1(OOC(C)(C)C)c6c7c8c9c(c%10c%11c%12c(c%13c%14c%15c(c%16c%17c%18c(c1c1c6c6c8c8c%19c9c%11c9c%11c%12c%14c%12c%14c%15c%17c%15c%17c%18c1c1c6c8c6c(c%199)c(c%11%12)c(c%14%15)c6c1%17)[C@@]5%16OOC(C)(C)C)[C@@]4%13OOC(C)(C)C)[C@@]3%10OOC(C)(C)C)C72OOC(C)(C)C. The zero-order valence-corrected chi connectivity index (χ0v) is 55.9. The van der Waals surface area contributed by atoms with Crippen molar-refractivity contribution in [3.8, 4) is 0 Å².